The highest BCUT2D eigenvalue weighted by Gasteiger charge is 2.21. The van der Waals surface area contributed by atoms with E-state index in [9.17, 15) is 14.0 Å². The van der Waals surface area contributed by atoms with Crippen LogP contribution in [0.2, 0.25) is 0 Å². The fourth-order valence-electron chi connectivity index (χ4n) is 3.61. The van der Waals surface area contributed by atoms with Crippen molar-refractivity contribution in [1.82, 2.24) is 24.8 Å². The first-order chi connectivity index (χ1) is 15.4. The van der Waals surface area contributed by atoms with Crippen LogP contribution in [0.5, 0.6) is 0 Å². The Morgan fingerprint density at radius 1 is 1.12 bits per heavy atom. The molecule has 0 radical (unpaired) electrons. The van der Waals surface area contributed by atoms with Gasteiger partial charge in [-0.25, -0.2) is 14.1 Å². The van der Waals surface area contributed by atoms with Crippen molar-refractivity contribution >= 4 is 22.8 Å². The maximum absolute atomic E-state index is 13.3. The Balaban J connectivity index is 1.64. The van der Waals surface area contributed by atoms with Crippen molar-refractivity contribution in [2.75, 3.05) is 5.43 Å². The number of nitrogens with one attached hydrogen (secondary N) is 2. The molecule has 0 bridgehead atoms. The minimum absolute atomic E-state index is 0.0316. The third-order valence-electron chi connectivity index (χ3n) is 5.13. The molecule has 0 unspecified atom stereocenters. The van der Waals surface area contributed by atoms with Gasteiger partial charge in [0, 0.05) is 6.54 Å². The largest absolute Gasteiger partial charge is 0.277 e. The quantitative estimate of drug-likeness (QED) is 0.452. The Labute approximate surface area is 183 Å². The number of nitrogens with zero attached hydrogens (tertiary/aromatic N) is 4. The number of amides is 1. The molecule has 2 aromatic carbocycles. The standard InChI is InChI=1S/C23H23FN6O2/c1-4-29-22(32)17-7-5-6-8-19(17)26-23(29)28-27-21(31)18-13-25-30(20(18)14(2)3)16-11-9-15(24)10-12-16/h5-14H,4H2,1-3H3,(H,26,28)(H,27,31). The number of hydrogen-bond donors (Lipinski definition) is 2. The number of carbonyl (C=O) groups excluding carboxylic acids is 1. The van der Waals surface area contributed by atoms with Crippen LogP contribution in [0.25, 0.3) is 16.6 Å². The number of fused-ring (bicyclic) bond motifs is 1. The fraction of sp³-hybridized carbons (Fsp3) is 0.217. The highest BCUT2D eigenvalue weighted by Crippen LogP contribution is 2.23. The summed E-state index contributed by atoms with van der Waals surface area (Å²) >= 11 is 0. The van der Waals surface area contributed by atoms with Gasteiger partial charge in [-0.05, 0) is 49.2 Å². The summed E-state index contributed by atoms with van der Waals surface area (Å²) in [4.78, 5) is 30.2. The van der Waals surface area contributed by atoms with Crippen molar-refractivity contribution < 1.29 is 9.18 Å². The number of anilines is 1. The fourth-order valence-corrected chi connectivity index (χ4v) is 3.61. The molecular formula is C23H23FN6O2. The molecule has 0 aliphatic rings. The van der Waals surface area contributed by atoms with Crippen LogP contribution < -0.4 is 16.4 Å². The first kappa shape index (κ1) is 21.2. The van der Waals surface area contributed by atoms with Crippen molar-refractivity contribution in [1.29, 1.82) is 0 Å². The molecular weight excluding hydrogens is 411 g/mol. The highest BCUT2D eigenvalue weighted by atomic mass is 19.1. The van der Waals surface area contributed by atoms with E-state index in [1.807, 2.05) is 20.8 Å². The molecule has 0 saturated heterocycles. The Morgan fingerprint density at radius 3 is 2.53 bits per heavy atom. The van der Waals surface area contributed by atoms with Crippen LogP contribution in [-0.2, 0) is 6.54 Å². The van der Waals surface area contributed by atoms with Gasteiger partial charge >= 0.3 is 0 Å². The molecule has 0 atom stereocenters. The first-order valence-electron chi connectivity index (χ1n) is 10.3. The lowest BCUT2D eigenvalue weighted by Crippen LogP contribution is -2.34. The van der Waals surface area contributed by atoms with Gasteiger partial charge in [-0.15, -0.1) is 0 Å². The third kappa shape index (κ3) is 3.84. The lowest BCUT2D eigenvalue weighted by Gasteiger charge is -2.15. The van der Waals surface area contributed by atoms with Gasteiger partial charge in [-0.3, -0.25) is 25.0 Å². The topological polar surface area (TPSA) is 93.8 Å². The van der Waals surface area contributed by atoms with Gasteiger partial charge in [0.05, 0.1) is 34.0 Å². The summed E-state index contributed by atoms with van der Waals surface area (Å²) in [6, 6.07) is 12.9. The predicted molar refractivity (Wildman–Crippen MR) is 120 cm³/mol. The van der Waals surface area contributed by atoms with Crippen molar-refractivity contribution in [3.05, 3.63) is 82.2 Å². The minimum Gasteiger partial charge on any atom is -0.277 e. The molecule has 164 valence electrons. The molecule has 2 aromatic heterocycles. The molecule has 32 heavy (non-hydrogen) atoms. The van der Waals surface area contributed by atoms with Gasteiger partial charge in [-0.1, -0.05) is 26.0 Å². The third-order valence-corrected chi connectivity index (χ3v) is 5.13. The van der Waals surface area contributed by atoms with Crippen molar-refractivity contribution in [2.24, 2.45) is 0 Å². The lowest BCUT2D eigenvalue weighted by molar-refractivity contribution is 0.0960. The smallest absolute Gasteiger partial charge is 0.273 e. The normalized spacial score (nSPS) is 11.2. The van der Waals surface area contributed by atoms with Gasteiger partial charge in [0.2, 0.25) is 5.95 Å². The Hall–Kier alpha value is -4.01. The Bertz CT molecular complexity index is 1340. The van der Waals surface area contributed by atoms with E-state index in [1.54, 1.807) is 41.1 Å². The summed E-state index contributed by atoms with van der Waals surface area (Å²) in [5.41, 5.74) is 7.44. The molecule has 4 aromatic rings. The molecule has 4 rings (SSSR count). The molecule has 0 spiro atoms. The number of carbonyl (C=O) groups is 1. The van der Waals surface area contributed by atoms with Gasteiger partial charge in [0.15, 0.2) is 0 Å². The second-order valence-corrected chi connectivity index (χ2v) is 7.57. The number of rotatable bonds is 6. The molecule has 0 saturated carbocycles. The van der Waals surface area contributed by atoms with E-state index in [4.69, 9.17) is 0 Å². The van der Waals surface area contributed by atoms with Crippen LogP contribution in [-0.4, -0.2) is 25.2 Å². The van der Waals surface area contributed by atoms with Crippen LogP contribution in [0.1, 0.15) is 42.7 Å². The van der Waals surface area contributed by atoms with Crippen LogP contribution in [0.3, 0.4) is 0 Å². The molecule has 0 aliphatic heterocycles. The molecule has 2 N–H and O–H groups in total. The van der Waals surface area contributed by atoms with Crippen LogP contribution in [0.4, 0.5) is 10.3 Å². The van der Waals surface area contributed by atoms with Gasteiger partial charge in [0.25, 0.3) is 11.5 Å². The van der Waals surface area contributed by atoms with Gasteiger partial charge in [-0.2, -0.15) is 5.10 Å². The molecule has 8 nitrogen and oxygen atoms in total. The number of para-hydroxylation sites is 1. The summed E-state index contributed by atoms with van der Waals surface area (Å²) in [7, 11) is 0. The lowest BCUT2D eigenvalue weighted by atomic mass is 10.1. The second-order valence-electron chi connectivity index (χ2n) is 7.57. The average Bonchev–Trinajstić information content (AvgIpc) is 3.24. The summed E-state index contributed by atoms with van der Waals surface area (Å²) in [6.45, 7) is 6.10. The van der Waals surface area contributed by atoms with Crippen LogP contribution in [0, 0.1) is 5.82 Å². The average molecular weight is 434 g/mol. The number of hydrogen-bond acceptors (Lipinski definition) is 5. The zero-order valence-corrected chi connectivity index (χ0v) is 18.0. The first-order valence-corrected chi connectivity index (χ1v) is 10.3. The van der Waals surface area contributed by atoms with E-state index in [0.717, 1.165) is 0 Å². The molecule has 0 fully saturated rings. The van der Waals surface area contributed by atoms with E-state index in [-0.39, 0.29) is 23.2 Å². The van der Waals surface area contributed by atoms with Crippen LogP contribution in [0.15, 0.2) is 59.5 Å². The van der Waals surface area contributed by atoms with Crippen molar-refractivity contribution in [2.45, 2.75) is 33.2 Å². The highest BCUT2D eigenvalue weighted by molar-refractivity contribution is 5.96. The van der Waals surface area contributed by atoms with E-state index in [1.165, 1.54) is 22.9 Å². The zero-order chi connectivity index (χ0) is 22.8. The van der Waals surface area contributed by atoms with Crippen molar-refractivity contribution in [3.8, 4) is 5.69 Å². The van der Waals surface area contributed by atoms with E-state index in [0.29, 0.717) is 34.4 Å². The second kappa shape index (κ2) is 8.62. The number of benzene rings is 2. The number of hydrazine groups is 1. The minimum atomic E-state index is -0.424. The molecule has 1 amide bonds. The summed E-state index contributed by atoms with van der Waals surface area (Å²) in [5, 5.41) is 4.85. The van der Waals surface area contributed by atoms with Gasteiger partial charge < -0.3 is 0 Å². The SMILES string of the molecule is CCn1c(NNC(=O)c2cnn(-c3ccc(F)cc3)c2C(C)C)nc2ccccc2c1=O. The maximum atomic E-state index is 13.3. The molecule has 2 heterocycles. The molecule has 0 aliphatic carbocycles. The van der Waals surface area contributed by atoms with Gasteiger partial charge in [0.1, 0.15) is 5.82 Å². The zero-order valence-electron chi connectivity index (χ0n) is 18.0. The van der Waals surface area contributed by atoms with Crippen molar-refractivity contribution in [3.63, 3.8) is 0 Å². The number of halogens is 1. The van der Waals surface area contributed by atoms with Crippen LogP contribution >= 0.6 is 0 Å². The predicted octanol–water partition coefficient (Wildman–Crippen LogP) is 3.62. The summed E-state index contributed by atoms with van der Waals surface area (Å²) < 4.78 is 16.4. The van der Waals surface area contributed by atoms with E-state index < -0.39 is 5.91 Å². The monoisotopic (exact) mass is 434 g/mol. The summed E-state index contributed by atoms with van der Waals surface area (Å²) in [5.74, 6) is -0.566. The Morgan fingerprint density at radius 2 is 1.84 bits per heavy atom. The van der Waals surface area contributed by atoms with E-state index in [2.05, 4.69) is 20.9 Å². The summed E-state index contributed by atoms with van der Waals surface area (Å²) in [6.07, 6.45) is 1.47. The molecule has 9 heteroatoms. The van der Waals surface area contributed by atoms with E-state index >= 15 is 0 Å². The Kier molecular flexibility index (Phi) is 5.72. The number of aromatic nitrogens is 4. The maximum Gasteiger partial charge on any atom is 0.273 e.